The molecule has 0 aromatic heterocycles. The van der Waals surface area contributed by atoms with Gasteiger partial charge in [-0.2, -0.15) is 0 Å². The van der Waals surface area contributed by atoms with Crippen molar-refractivity contribution < 1.29 is 9.47 Å². The monoisotopic (exact) mass is 391 g/mol. The fraction of sp³-hybridized carbons (Fsp3) is 0.571. The predicted octanol–water partition coefficient (Wildman–Crippen LogP) is 3.88. The van der Waals surface area contributed by atoms with E-state index < -0.39 is 0 Å². The van der Waals surface area contributed by atoms with Gasteiger partial charge in [-0.3, -0.25) is 0 Å². The van der Waals surface area contributed by atoms with E-state index in [0.29, 0.717) is 12.1 Å². The molecule has 1 fully saturated rings. The van der Waals surface area contributed by atoms with Crippen LogP contribution in [-0.4, -0.2) is 25.9 Å². The maximum absolute atomic E-state index is 5.69. The third kappa shape index (κ3) is 3.94. The molecule has 2 rings (SSSR count). The van der Waals surface area contributed by atoms with Gasteiger partial charge in [-0.15, -0.1) is 0 Å². The van der Waals surface area contributed by atoms with Gasteiger partial charge in [-0.25, -0.2) is 0 Å². The average Bonchev–Trinajstić information content (AvgIpc) is 2.89. The fourth-order valence-electron chi connectivity index (χ4n) is 2.32. The number of benzene rings is 1. The first-order valence-electron chi connectivity index (χ1n) is 6.48. The van der Waals surface area contributed by atoms with Gasteiger partial charge in [0.2, 0.25) is 0 Å². The zero-order chi connectivity index (χ0) is 13.8. The Labute approximate surface area is 131 Å². The summed E-state index contributed by atoms with van der Waals surface area (Å²) in [5.74, 6) is 0.830. The molecule has 0 bridgehead atoms. The smallest absolute Gasteiger partial charge is 0.147 e. The van der Waals surface area contributed by atoms with Crippen molar-refractivity contribution in [2.24, 2.45) is 0 Å². The van der Waals surface area contributed by atoms with Gasteiger partial charge in [0.25, 0.3) is 0 Å². The summed E-state index contributed by atoms with van der Waals surface area (Å²) in [6, 6.07) is 4.54. The summed E-state index contributed by atoms with van der Waals surface area (Å²) in [7, 11) is 1.67. The van der Waals surface area contributed by atoms with E-state index in [2.05, 4.69) is 56.2 Å². The standard InChI is InChI=1S/C14H19Br2NO2/c1-9(13-4-3-5-19-13)17-8-10-6-11(15)14(18-2)12(16)7-10/h6-7,9,13,17H,3-5,8H2,1-2H3. The van der Waals surface area contributed by atoms with Gasteiger partial charge < -0.3 is 14.8 Å². The quantitative estimate of drug-likeness (QED) is 0.824. The molecular weight excluding hydrogens is 374 g/mol. The molecule has 1 N–H and O–H groups in total. The zero-order valence-corrected chi connectivity index (χ0v) is 14.4. The van der Waals surface area contributed by atoms with Crippen LogP contribution in [0.25, 0.3) is 0 Å². The van der Waals surface area contributed by atoms with Crippen LogP contribution >= 0.6 is 31.9 Å². The highest BCUT2D eigenvalue weighted by atomic mass is 79.9. The van der Waals surface area contributed by atoms with Crippen LogP contribution in [0.3, 0.4) is 0 Å². The lowest BCUT2D eigenvalue weighted by Crippen LogP contribution is -2.36. The van der Waals surface area contributed by atoms with Crippen LogP contribution in [0.4, 0.5) is 0 Å². The Morgan fingerprint density at radius 3 is 2.63 bits per heavy atom. The van der Waals surface area contributed by atoms with Crippen LogP contribution < -0.4 is 10.1 Å². The van der Waals surface area contributed by atoms with Crippen LogP contribution in [0.1, 0.15) is 25.3 Å². The van der Waals surface area contributed by atoms with Crippen LogP contribution in [0.15, 0.2) is 21.1 Å². The number of halogens is 2. The second-order valence-electron chi connectivity index (χ2n) is 4.81. The summed E-state index contributed by atoms with van der Waals surface area (Å²) >= 11 is 7.05. The molecule has 1 aliphatic rings. The molecule has 1 aliphatic heterocycles. The number of hydrogen-bond acceptors (Lipinski definition) is 3. The summed E-state index contributed by atoms with van der Waals surface area (Å²) in [5, 5.41) is 3.53. The molecule has 0 spiro atoms. The molecule has 5 heteroatoms. The van der Waals surface area contributed by atoms with E-state index in [9.17, 15) is 0 Å². The summed E-state index contributed by atoms with van der Waals surface area (Å²) in [6.07, 6.45) is 2.69. The van der Waals surface area contributed by atoms with Crippen molar-refractivity contribution in [2.75, 3.05) is 13.7 Å². The van der Waals surface area contributed by atoms with E-state index in [1.165, 1.54) is 12.0 Å². The molecule has 0 saturated carbocycles. The Hall–Kier alpha value is -0.100. The lowest BCUT2D eigenvalue weighted by Gasteiger charge is -2.20. The Bertz CT molecular complexity index is 410. The average molecular weight is 393 g/mol. The molecule has 106 valence electrons. The first kappa shape index (κ1) is 15.3. The van der Waals surface area contributed by atoms with E-state index in [1.54, 1.807) is 7.11 Å². The topological polar surface area (TPSA) is 30.5 Å². The van der Waals surface area contributed by atoms with Crippen molar-refractivity contribution in [2.45, 2.75) is 38.5 Å². The SMILES string of the molecule is COc1c(Br)cc(CNC(C)C2CCCO2)cc1Br. The number of rotatable bonds is 5. The lowest BCUT2D eigenvalue weighted by molar-refractivity contribution is 0.0832. The minimum atomic E-state index is 0.352. The van der Waals surface area contributed by atoms with Crippen LogP contribution in [0.5, 0.6) is 5.75 Å². The van der Waals surface area contributed by atoms with Crippen LogP contribution in [0, 0.1) is 0 Å². The molecular formula is C14H19Br2NO2. The Balaban J connectivity index is 1.95. The molecule has 19 heavy (non-hydrogen) atoms. The van der Waals surface area contributed by atoms with Crippen molar-refractivity contribution in [1.82, 2.24) is 5.32 Å². The number of methoxy groups -OCH3 is 1. The van der Waals surface area contributed by atoms with Crippen LogP contribution in [-0.2, 0) is 11.3 Å². The summed E-state index contributed by atoms with van der Waals surface area (Å²) in [6.45, 7) is 3.90. The molecule has 0 radical (unpaired) electrons. The maximum atomic E-state index is 5.69. The van der Waals surface area contributed by atoms with Crippen molar-refractivity contribution in [3.63, 3.8) is 0 Å². The fourth-order valence-corrected chi connectivity index (χ4v) is 3.92. The largest absolute Gasteiger partial charge is 0.494 e. The third-order valence-electron chi connectivity index (χ3n) is 3.41. The molecule has 1 saturated heterocycles. The van der Waals surface area contributed by atoms with E-state index in [4.69, 9.17) is 9.47 Å². The highest BCUT2D eigenvalue weighted by Crippen LogP contribution is 2.34. The minimum Gasteiger partial charge on any atom is -0.494 e. The number of ether oxygens (including phenoxy) is 2. The number of hydrogen-bond donors (Lipinski definition) is 1. The second kappa shape index (κ2) is 7.07. The van der Waals surface area contributed by atoms with E-state index in [1.807, 2.05) is 0 Å². The highest BCUT2D eigenvalue weighted by Gasteiger charge is 2.21. The highest BCUT2D eigenvalue weighted by molar-refractivity contribution is 9.11. The molecule has 1 heterocycles. The van der Waals surface area contributed by atoms with Crippen molar-refractivity contribution >= 4 is 31.9 Å². The number of nitrogens with one attached hydrogen (secondary N) is 1. The first-order chi connectivity index (χ1) is 9.11. The molecule has 3 nitrogen and oxygen atoms in total. The Kier molecular flexibility index (Phi) is 5.69. The van der Waals surface area contributed by atoms with Crippen molar-refractivity contribution in [3.8, 4) is 5.75 Å². The molecule has 2 unspecified atom stereocenters. The summed E-state index contributed by atoms with van der Waals surface area (Å²) < 4.78 is 12.9. The molecule has 0 amide bonds. The van der Waals surface area contributed by atoms with Gasteiger partial charge in [-0.1, -0.05) is 0 Å². The Morgan fingerprint density at radius 2 is 2.11 bits per heavy atom. The van der Waals surface area contributed by atoms with Gasteiger partial charge in [-0.05, 0) is 69.3 Å². The minimum absolute atomic E-state index is 0.352. The van der Waals surface area contributed by atoms with Gasteiger partial charge in [0.05, 0.1) is 22.2 Å². The maximum Gasteiger partial charge on any atom is 0.147 e. The Morgan fingerprint density at radius 1 is 1.42 bits per heavy atom. The van der Waals surface area contributed by atoms with Crippen molar-refractivity contribution in [1.29, 1.82) is 0 Å². The van der Waals surface area contributed by atoms with Gasteiger partial charge in [0.1, 0.15) is 5.75 Å². The van der Waals surface area contributed by atoms with Crippen LogP contribution in [0.2, 0.25) is 0 Å². The van der Waals surface area contributed by atoms with E-state index >= 15 is 0 Å². The predicted molar refractivity (Wildman–Crippen MR) is 83.7 cm³/mol. The second-order valence-corrected chi connectivity index (χ2v) is 6.52. The summed E-state index contributed by atoms with van der Waals surface area (Å²) in [4.78, 5) is 0. The summed E-state index contributed by atoms with van der Waals surface area (Å²) in [5.41, 5.74) is 1.21. The van der Waals surface area contributed by atoms with Gasteiger partial charge in [0, 0.05) is 19.2 Å². The lowest BCUT2D eigenvalue weighted by atomic mass is 10.1. The molecule has 0 aliphatic carbocycles. The normalized spacial score (nSPS) is 20.5. The third-order valence-corrected chi connectivity index (χ3v) is 4.59. The van der Waals surface area contributed by atoms with Gasteiger partial charge >= 0.3 is 0 Å². The molecule has 1 aromatic carbocycles. The van der Waals surface area contributed by atoms with Crippen molar-refractivity contribution in [3.05, 3.63) is 26.6 Å². The van der Waals surface area contributed by atoms with E-state index in [-0.39, 0.29) is 0 Å². The zero-order valence-electron chi connectivity index (χ0n) is 11.2. The van der Waals surface area contributed by atoms with Gasteiger partial charge in [0.15, 0.2) is 0 Å². The molecule has 2 atom stereocenters. The van der Waals surface area contributed by atoms with E-state index in [0.717, 1.165) is 34.3 Å². The molecule has 1 aromatic rings. The first-order valence-corrected chi connectivity index (χ1v) is 8.07.